The molecule has 0 bridgehead atoms. The first-order chi connectivity index (χ1) is 8.26. The zero-order chi connectivity index (χ0) is 12.3. The van der Waals surface area contributed by atoms with Crippen LogP contribution in [0.3, 0.4) is 0 Å². The van der Waals surface area contributed by atoms with Crippen molar-refractivity contribution in [3.63, 3.8) is 0 Å². The molecule has 4 nitrogen and oxygen atoms in total. The maximum Gasteiger partial charge on any atom is 0.328 e. The summed E-state index contributed by atoms with van der Waals surface area (Å²) in [7, 11) is 0. The van der Waals surface area contributed by atoms with Gasteiger partial charge in [-0.3, -0.25) is 9.13 Å². The second-order valence-electron chi connectivity index (χ2n) is 4.88. The van der Waals surface area contributed by atoms with Crippen molar-refractivity contribution in [3.05, 3.63) is 22.9 Å². The zero-order valence-electron chi connectivity index (χ0n) is 10.9. The van der Waals surface area contributed by atoms with Crippen LogP contribution in [0, 0.1) is 0 Å². The number of aromatic nitrogens is 2. The number of rotatable bonds is 7. The van der Waals surface area contributed by atoms with Gasteiger partial charge >= 0.3 is 5.69 Å². The fourth-order valence-corrected chi connectivity index (χ4v) is 2.20. The van der Waals surface area contributed by atoms with Crippen molar-refractivity contribution in [3.8, 4) is 0 Å². The fraction of sp³-hybridized carbons (Fsp3) is 0.769. The standard InChI is InChI=1S/C13H23N3O/c1-3-11(4-2)14-7-8-15-9-10-16(13(15)17)12-5-6-12/h9-12,14H,3-8H2,1-2H3. The van der Waals surface area contributed by atoms with Crippen LogP contribution in [0.2, 0.25) is 0 Å². The lowest BCUT2D eigenvalue weighted by atomic mass is 10.2. The molecule has 1 saturated carbocycles. The van der Waals surface area contributed by atoms with E-state index >= 15 is 0 Å². The summed E-state index contributed by atoms with van der Waals surface area (Å²) in [6, 6.07) is 1.06. The minimum Gasteiger partial charge on any atom is -0.312 e. The van der Waals surface area contributed by atoms with Crippen LogP contribution in [0.4, 0.5) is 0 Å². The molecule has 1 aliphatic carbocycles. The molecule has 2 rings (SSSR count). The van der Waals surface area contributed by atoms with Gasteiger partial charge in [-0.2, -0.15) is 0 Å². The van der Waals surface area contributed by atoms with E-state index in [9.17, 15) is 4.79 Å². The molecule has 0 aromatic carbocycles. The van der Waals surface area contributed by atoms with E-state index in [-0.39, 0.29) is 5.69 Å². The molecule has 1 N–H and O–H groups in total. The summed E-state index contributed by atoms with van der Waals surface area (Å²) in [6.45, 7) is 6.03. The Labute approximate surface area is 103 Å². The van der Waals surface area contributed by atoms with E-state index in [1.54, 1.807) is 0 Å². The Balaban J connectivity index is 1.84. The van der Waals surface area contributed by atoms with E-state index in [1.165, 1.54) is 0 Å². The lowest BCUT2D eigenvalue weighted by Crippen LogP contribution is -2.33. The maximum absolute atomic E-state index is 12.0. The molecule has 1 fully saturated rings. The van der Waals surface area contributed by atoms with Gasteiger partial charge < -0.3 is 5.32 Å². The van der Waals surface area contributed by atoms with Crippen molar-refractivity contribution >= 4 is 0 Å². The molecule has 96 valence electrons. The van der Waals surface area contributed by atoms with Crippen molar-refractivity contribution in [2.45, 2.75) is 58.2 Å². The summed E-state index contributed by atoms with van der Waals surface area (Å²) in [5.74, 6) is 0. The highest BCUT2D eigenvalue weighted by Gasteiger charge is 2.25. The van der Waals surface area contributed by atoms with Gasteiger partial charge in [0.05, 0.1) is 0 Å². The molecule has 0 atom stereocenters. The minimum atomic E-state index is 0.152. The van der Waals surface area contributed by atoms with Crippen LogP contribution >= 0.6 is 0 Å². The molecule has 17 heavy (non-hydrogen) atoms. The summed E-state index contributed by atoms with van der Waals surface area (Å²) in [5, 5.41) is 3.48. The third-order valence-electron chi connectivity index (χ3n) is 3.59. The molecule has 0 saturated heterocycles. The van der Waals surface area contributed by atoms with Gasteiger partial charge in [-0.05, 0) is 25.7 Å². The number of imidazole rings is 1. The molecule has 0 unspecified atom stereocenters. The molecule has 1 heterocycles. The van der Waals surface area contributed by atoms with Crippen LogP contribution in [0.5, 0.6) is 0 Å². The van der Waals surface area contributed by atoms with E-state index in [0.717, 1.165) is 38.8 Å². The third kappa shape index (κ3) is 3.00. The highest BCUT2D eigenvalue weighted by atomic mass is 16.1. The predicted molar refractivity (Wildman–Crippen MR) is 69.3 cm³/mol. The Morgan fingerprint density at radius 1 is 1.35 bits per heavy atom. The van der Waals surface area contributed by atoms with E-state index < -0.39 is 0 Å². The Hall–Kier alpha value is -1.03. The first-order valence-electron chi connectivity index (χ1n) is 6.76. The van der Waals surface area contributed by atoms with Gasteiger partial charge in [0.15, 0.2) is 0 Å². The highest BCUT2D eigenvalue weighted by Crippen LogP contribution is 2.33. The first kappa shape index (κ1) is 12.4. The second-order valence-corrected chi connectivity index (χ2v) is 4.88. The smallest absolute Gasteiger partial charge is 0.312 e. The third-order valence-corrected chi connectivity index (χ3v) is 3.59. The summed E-state index contributed by atoms with van der Waals surface area (Å²) >= 11 is 0. The maximum atomic E-state index is 12.0. The van der Waals surface area contributed by atoms with Crippen molar-refractivity contribution in [2.75, 3.05) is 6.54 Å². The SMILES string of the molecule is CCC(CC)NCCn1ccn(C2CC2)c1=O. The van der Waals surface area contributed by atoms with Crippen molar-refractivity contribution in [2.24, 2.45) is 0 Å². The molecule has 4 heteroatoms. The first-order valence-corrected chi connectivity index (χ1v) is 6.76. The highest BCUT2D eigenvalue weighted by molar-refractivity contribution is 4.91. The summed E-state index contributed by atoms with van der Waals surface area (Å²) < 4.78 is 3.69. The molecular weight excluding hydrogens is 214 g/mol. The Bertz CT molecular complexity index is 399. The fourth-order valence-electron chi connectivity index (χ4n) is 2.20. The van der Waals surface area contributed by atoms with Crippen LogP contribution in [0.25, 0.3) is 0 Å². The quantitative estimate of drug-likeness (QED) is 0.785. The van der Waals surface area contributed by atoms with Gasteiger partial charge in [0.25, 0.3) is 0 Å². The number of hydrogen-bond acceptors (Lipinski definition) is 2. The van der Waals surface area contributed by atoms with Gasteiger partial charge in [0, 0.05) is 37.6 Å². The van der Waals surface area contributed by atoms with Gasteiger partial charge in [0.2, 0.25) is 0 Å². The van der Waals surface area contributed by atoms with E-state index in [0.29, 0.717) is 12.1 Å². The van der Waals surface area contributed by atoms with Gasteiger partial charge in [0.1, 0.15) is 0 Å². The van der Waals surface area contributed by atoms with Crippen molar-refractivity contribution in [1.29, 1.82) is 0 Å². The number of nitrogens with zero attached hydrogens (tertiary/aromatic N) is 2. The Morgan fingerprint density at radius 3 is 2.65 bits per heavy atom. The van der Waals surface area contributed by atoms with Crippen LogP contribution < -0.4 is 11.0 Å². The van der Waals surface area contributed by atoms with E-state index in [4.69, 9.17) is 0 Å². The largest absolute Gasteiger partial charge is 0.328 e. The van der Waals surface area contributed by atoms with Gasteiger partial charge in [-0.25, -0.2) is 4.79 Å². The van der Waals surface area contributed by atoms with Crippen molar-refractivity contribution in [1.82, 2.24) is 14.5 Å². The van der Waals surface area contributed by atoms with Gasteiger partial charge in [-0.1, -0.05) is 13.8 Å². The molecule has 1 aromatic heterocycles. The molecule has 1 aromatic rings. The molecular formula is C13H23N3O. The van der Waals surface area contributed by atoms with E-state index in [2.05, 4.69) is 19.2 Å². The molecule has 0 aliphatic heterocycles. The summed E-state index contributed by atoms with van der Waals surface area (Å²) in [6.07, 6.45) is 8.46. The lowest BCUT2D eigenvalue weighted by Gasteiger charge is -2.14. The van der Waals surface area contributed by atoms with Crippen LogP contribution in [0.1, 0.15) is 45.6 Å². The number of hydrogen-bond donors (Lipinski definition) is 1. The Kier molecular flexibility index (Phi) is 4.05. The zero-order valence-corrected chi connectivity index (χ0v) is 10.9. The molecule has 0 spiro atoms. The topological polar surface area (TPSA) is 39.0 Å². The predicted octanol–water partition coefficient (Wildman–Crippen LogP) is 1.76. The molecule has 0 amide bonds. The number of nitrogens with one attached hydrogen (secondary N) is 1. The average Bonchev–Trinajstić information content (AvgIpc) is 3.11. The molecule has 1 aliphatic rings. The lowest BCUT2D eigenvalue weighted by molar-refractivity contribution is 0.460. The van der Waals surface area contributed by atoms with Crippen LogP contribution in [-0.4, -0.2) is 21.7 Å². The normalized spacial score (nSPS) is 15.7. The summed E-state index contributed by atoms with van der Waals surface area (Å²) in [4.78, 5) is 12.0. The average molecular weight is 237 g/mol. The monoisotopic (exact) mass is 237 g/mol. The van der Waals surface area contributed by atoms with Crippen molar-refractivity contribution < 1.29 is 0 Å². The summed E-state index contributed by atoms with van der Waals surface area (Å²) in [5.41, 5.74) is 0.152. The van der Waals surface area contributed by atoms with Gasteiger partial charge in [-0.15, -0.1) is 0 Å². The minimum absolute atomic E-state index is 0.152. The van der Waals surface area contributed by atoms with Crippen LogP contribution in [0.15, 0.2) is 17.2 Å². The Morgan fingerprint density at radius 2 is 2.06 bits per heavy atom. The van der Waals surface area contributed by atoms with Crippen LogP contribution in [-0.2, 0) is 6.54 Å². The molecule has 0 radical (unpaired) electrons. The second kappa shape index (κ2) is 5.54. The van der Waals surface area contributed by atoms with E-state index in [1.807, 2.05) is 21.5 Å².